The van der Waals surface area contributed by atoms with Gasteiger partial charge in [0.05, 0.1) is 12.2 Å². The van der Waals surface area contributed by atoms with E-state index < -0.39 is 6.29 Å². The van der Waals surface area contributed by atoms with Gasteiger partial charge in [-0.25, -0.2) is 0 Å². The number of ether oxygens (including phenoxy) is 2. The van der Waals surface area contributed by atoms with Crippen LogP contribution in [0.4, 0.5) is 0 Å². The largest absolute Gasteiger partial charge is 0.365 e. The number of rotatable bonds is 0. The minimum atomic E-state index is -0.767. The van der Waals surface area contributed by atoms with Crippen molar-refractivity contribution < 1.29 is 14.6 Å². The lowest BCUT2D eigenvalue weighted by Crippen LogP contribution is -2.53. The number of hydrogen-bond donors (Lipinski definition) is 1. The van der Waals surface area contributed by atoms with Gasteiger partial charge < -0.3 is 14.6 Å². The van der Waals surface area contributed by atoms with Gasteiger partial charge in [0.25, 0.3) is 0 Å². The molecule has 4 heteroatoms. The third-order valence-corrected chi connectivity index (χ3v) is 7.04. The fourth-order valence-corrected chi connectivity index (χ4v) is 4.65. The second kappa shape index (κ2) is 4.55. The van der Waals surface area contributed by atoms with Gasteiger partial charge in [-0.1, -0.05) is 35.9 Å². The second-order valence-corrected chi connectivity index (χ2v) is 8.03. The Kier molecular flexibility index (Phi) is 3.37. The zero-order valence-electron chi connectivity index (χ0n) is 11.9. The molecular weight excluding hydrogens is 308 g/mol. The highest BCUT2D eigenvalue weighted by Gasteiger charge is 2.53. The van der Waals surface area contributed by atoms with Gasteiger partial charge in [0.1, 0.15) is 6.10 Å². The van der Waals surface area contributed by atoms with E-state index in [1.165, 1.54) is 0 Å². The maximum absolute atomic E-state index is 9.87. The Morgan fingerprint density at radius 1 is 1.37 bits per heavy atom. The molecule has 0 aromatic heterocycles. The predicted octanol–water partition coefficient (Wildman–Crippen LogP) is 3.01. The molecule has 5 atom stereocenters. The molecule has 0 spiro atoms. The first-order valence-corrected chi connectivity index (χ1v) is 8.07. The van der Waals surface area contributed by atoms with Crippen LogP contribution in [0.3, 0.4) is 0 Å². The van der Waals surface area contributed by atoms with Gasteiger partial charge in [-0.05, 0) is 37.5 Å². The number of hydrogen-bond acceptors (Lipinski definition) is 3. The summed E-state index contributed by atoms with van der Waals surface area (Å²) in [6.45, 7) is 7.36. The smallest absolute Gasteiger partial charge is 0.179 e. The van der Waals surface area contributed by atoms with Crippen LogP contribution in [0.5, 0.6) is 0 Å². The zero-order valence-corrected chi connectivity index (χ0v) is 13.4. The van der Waals surface area contributed by atoms with Crippen LogP contribution in [-0.2, 0) is 9.47 Å². The van der Waals surface area contributed by atoms with Gasteiger partial charge in [-0.15, -0.1) is 0 Å². The molecule has 108 valence electrons. The summed E-state index contributed by atoms with van der Waals surface area (Å²) in [5.74, 6) is 0.462. The minimum absolute atomic E-state index is 0.0623. The van der Waals surface area contributed by atoms with Crippen molar-refractivity contribution in [3.63, 3.8) is 0 Å². The molecule has 0 radical (unpaired) electrons. The maximum Gasteiger partial charge on any atom is 0.179 e. The van der Waals surface area contributed by atoms with E-state index in [0.29, 0.717) is 17.4 Å². The first-order valence-electron chi connectivity index (χ1n) is 7.16. The van der Waals surface area contributed by atoms with Gasteiger partial charge in [0.15, 0.2) is 6.29 Å². The summed E-state index contributed by atoms with van der Waals surface area (Å²) in [7, 11) is 0. The van der Waals surface area contributed by atoms with E-state index in [-0.39, 0.29) is 17.1 Å². The SMILES string of the molecule is CC12CCC(Br)C(C)(C)C1CC=C1C(O)OCC1O2. The van der Waals surface area contributed by atoms with Crippen LogP contribution in [0.1, 0.15) is 40.0 Å². The Labute approximate surface area is 123 Å². The molecule has 0 aromatic rings. The van der Waals surface area contributed by atoms with Crippen molar-refractivity contribution in [3.05, 3.63) is 11.6 Å². The first kappa shape index (κ1) is 14.1. The minimum Gasteiger partial charge on any atom is -0.365 e. The number of alkyl halides is 1. The monoisotopic (exact) mass is 330 g/mol. The molecule has 1 saturated carbocycles. The average Bonchev–Trinajstić information content (AvgIpc) is 2.58. The molecule has 1 aliphatic carbocycles. The van der Waals surface area contributed by atoms with E-state index in [2.05, 4.69) is 42.8 Å². The molecule has 3 rings (SSSR count). The molecule has 5 unspecified atom stereocenters. The number of fused-ring (bicyclic) bond motifs is 2. The summed E-state index contributed by atoms with van der Waals surface area (Å²) >= 11 is 3.84. The Balaban J connectivity index is 1.95. The van der Waals surface area contributed by atoms with Crippen molar-refractivity contribution in [1.82, 2.24) is 0 Å². The van der Waals surface area contributed by atoms with E-state index in [1.807, 2.05) is 0 Å². The van der Waals surface area contributed by atoms with Crippen LogP contribution in [0.25, 0.3) is 0 Å². The summed E-state index contributed by atoms with van der Waals surface area (Å²) < 4.78 is 11.7. The molecule has 3 aliphatic rings. The molecule has 0 bridgehead atoms. The van der Waals surface area contributed by atoms with Crippen molar-refractivity contribution in [2.75, 3.05) is 6.61 Å². The Morgan fingerprint density at radius 3 is 2.84 bits per heavy atom. The lowest BCUT2D eigenvalue weighted by Gasteiger charge is -2.52. The number of halogens is 1. The zero-order chi connectivity index (χ0) is 13.8. The van der Waals surface area contributed by atoms with Gasteiger partial charge >= 0.3 is 0 Å². The van der Waals surface area contributed by atoms with Crippen molar-refractivity contribution >= 4 is 15.9 Å². The molecule has 3 nitrogen and oxygen atoms in total. The van der Waals surface area contributed by atoms with Crippen LogP contribution in [-0.4, -0.2) is 34.5 Å². The van der Waals surface area contributed by atoms with Crippen LogP contribution in [0, 0.1) is 11.3 Å². The highest BCUT2D eigenvalue weighted by molar-refractivity contribution is 9.09. The molecule has 1 saturated heterocycles. The van der Waals surface area contributed by atoms with E-state index in [4.69, 9.17) is 9.47 Å². The molecule has 0 amide bonds. The van der Waals surface area contributed by atoms with Crippen LogP contribution in [0.2, 0.25) is 0 Å². The van der Waals surface area contributed by atoms with E-state index in [0.717, 1.165) is 24.8 Å². The molecule has 0 aromatic carbocycles. The second-order valence-electron chi connectivity index (χ2n) is 6.92. The summed E-state index contributed by atoms with van der Waals surface area (Å²) in [6.07, 6.45) is 4.48. The fourth-order valence-electron chi connectivity index (χ4n) is 4.10. The van der Waals surface area contributed by atoms with Crippen LogP contribution >= 0.6 is 15.9 Å². The molecule has 2 fully saturated rings. The number of aliphatic hydroxyl groups is 1. The Hall–Kier alpha value is 0.1000. The fraction of sp³-hybridized carbons (Fsp3) is 0.867. The lowest BCUT2D eigenvalue weighted by molar-refractivity contribution is -0.152. The van der Waals surface area contributed by atoms with Crippen molar-refractivity contribution in [3.8, 4) is 0 Å². The van der Waals surface area contributed by atoms with Gasteiger partial charge in [-0.2, -0.15) is 0 Å². The predicted molar refractivity (Wildman–Crippen MR) is 77.2 cm³/mol. The normalized spacial score (nSPS) is 49.0. The lowest BCUT2D eigenvalue weighted by atomic mass is 9.60. The highest BCUT2D eigenvalue weighted by Crippen LogP contribution is 2.54. The number of allylic oxidation sites excluding steroid dienone is 1. The molecule has 1 N–H and O–H groups in total. The topological polar surface area (TPSA) is 38.7 Å². The maximum atomic E-state index is 9.87. The average molecular weight is 331 g/mol. The van der Waals surface area contributed by atoms with Crippen molar-refractivity contribution in [2.24, 2.45) is 11.3 Å². The van der Waals surface area contributed by atoms with Crippen molar-refractivity contribution in [1.29, 1.82) is 0 Å². The Morgan fingerprint density at radius 2 is 2.11 bits per heavy atom. The van der Waals surface area contributed by atoms with E-state index in [9.17, 15) is 5.11 Å². The quantitative estimate of drug-likeness (QED) is 0.548. The van der Waals surface area contributed by atoms with Crippen LogP contribution in [0.15, 0.2) is 11.6 Å². The number of aliphatic hydroxyl groups excluding tert-OH is 1. The van der Waals surface area contributed by atoms with E-state index >= 15 is 0 Å². The summed E-state index contributed by atoms with van der Waals surface area (Å²) in [5.41, 5.74) is 0.996. The standard InChI is InChI=1S/C15H23BrO3/c1-14(2)11-5-4-9-10(8-18-13(9)17)19-15(11,3)7-6-12(14)16/h4,10-13,17H,5-8H2,1-3H3. The van der Waals surface area contributed by atoms with Gasteiger partial charge in [0, 0.05) is 10.4 Å². The summed E-state index contributed by atoms with van der Waals surface area (Å²) in [5, 5.41) is 9.87. The Bertz CT molecular complexity index is 406. The molecule has 19 heavy (non-hydrogen) atoms. The molecular formula is C15H23BrO3. The molecule has 2 aliphatic heterocycles. The van der Waals surface area contributed by atoms with E-state index in [1.54, 1.807) is 0 Å². The first-order chi connectivity index (χ1) is 8.84. The third-order valence-electron chi connectivity index (χ3n) is 5.40. The van der Waals surface area contributed by atoms with Gasteiger partial charge in [-0.3, -0.25) is 0 Å². The summed E-state index contributed by atoms with van der Waals surface area (Å²) in [4.78, 5) is 0.527. The van der Waals surface area contributed by atoms with Crippen LogP contribution < -0.4 is 0 Å². The summed E-state index contributed by atoms with van der Waals surface area (Å²) in [6, 6.07) is 0. The molecule has 2 heterocycles. The highest BCUT2D eigenvalue weighted by atomic mass is 79.9. The third kappa shape index (κ3) is 2.11. The van der Waals surface area contributed by atoms with Crippen molar-refractivity contribution in [2.45, 2.75) is 62.9 Å². The van der Waals surface area contributed by atoms with Gasteiger partial charge in [0.2, 0.25) is 0 Å².